The van der Waals surface area contributed by atoms with Crippen LogP contribution in [0.1, 0.15) is 32.6 Å². The van der Waals surface area contributed by atoms with Crippen LogP contribution in [-0.2, 0) is 4.74 Å². The van der Waals surface area contributed by atoms with Crippen molar-refractivity contribution in [3.05, 3.63) is 0 Å². The molecule has 0 radical (unpaired) electrons. The van der Waals surface area contributed by atoms with Gasteiger partial charge in [0.1, 0.15) is 0 Å². The van der Waals surface area contributed by atoms with Crippen LogP contribution in [0.5, 0.6) is 0 Å². The standard InChI is InChI=1S/C9H17NO/c1-7-2-4-9(7)5-3-8(6-10)11-9/h7-8H,2-6,10H2,1H3. The van der Waals surface area contributed by atoms with E-state index >= 15 is 0 Å². The van der Waals surface area contributed by atoms with Crippen molar-refractivity contribution >= 4 is 0 Å². The van der Waals surface area contributed by atoms with Crippen LogP contribution < -0.4 is 5.73 Å². The van der Waals surface area contributed by atoms with E-state index in [1.165, 1.54) is 25.7 Å². The van der Waals surface area contributed by atoms with Gasteiger partial charge in [-0.25, -0.2) is 0 Å². The van der Waals surface area contributed by atoms with E-state index in [2.05, 4.69) is 6.92 Å². The number of rotatable bonds is 1. The summed E-state index contributed by atoms with van der Waals surface area (Å²) in [6, 6.07) is 0. The van der Waals surface area contributed by atoms with Crippen molar-refractivity contribution < 1.29 is 4.74 Å². The molecule has 0 bridgehead atoms. The third-order valence-corrected chi connectivity index (χ3v) is 3.45. The number of hydrogen-bond donors (Lipinski definition) is 1. The molecule has 3 atom stereocenters. The molecule has 0 aromatic carbocycles. The fourth-order valence-electron chi connectivity index (χ4n) is 2.32. The van der Waals surface area contributed by atoms with Crippen molar-refractivity contribution in [2.75, 3.05) is 6.54 Å². The topological polar surface area (TPSA) is 35.2 Å². The van der Waals surface area contributed by atoms with Crippen LogP contribution >= 0.6 is 0 Å². The summed E-state index contributed by atoms with van der Waals surface area (Å²) in [4.78, 5) is 0. The first-order valence-corrected chi connectivity index (χ1v) is 4.65. The summed E-state index contributed by atoms with van der Waals surface area (Å²) in [6.07, 6.45) is 5.40. The molecule has 2 nitrogen and oxygen atoms in total. The fraction of sp³-hybridized carbons (Fsp3) is 1.00. The van der Waals surface area contributed by atoms with Gasteiger partial charge >= 0.3 is 0 Å². The van der Waals surface area contributed by atoms with Crippen LogP contribution in [0.25, 0.3) is 0 Å². The van der Waals surface area contributed by atoms with E-state index in [1.807, 2.05) is 0 Å². The highest BCUT2D eigenvalue weighted by molar-refractivity contribution is 5.00. The molecule has 2 N–H and O–H groups in total. The molecule has 1 aliphatic heterocycles. The van der Waals surface area contributed by atoms with Gasteiger partial charge in [-0.15, -0.1) is 0 Å². The van der Waals surface area contributed by atoms with E-state index in [4.69, 9.17) is 10.5 Å². The maximum Gasteiger partial charge on any atom is 0.0713 e. The first-order valence-electron chi connectivity index (χ1n) is 4.65. The number of ether oxygens (including phenoxy) is 1. The highest BCUT2D eigenvalue weighted by atomic mass is 16.5. The molecule has 2 fully saturated rings. The third-order valence-electron chi connectivity index (χ3n) is 3.45. The van der Waals surface area contributed by atoms with Crippen LogP contribution in [0.15, 0.2) is 0 Å². The Morgan fingerprint density at radius 2 is 2.18 bits per heavy atom. The van der Waals surface area contributed by atoms with Gasteiger partial charge in [0.25, 0.3) is 0 Å². The third kappa shape index (κ3) is 1.00. The lowest BCUT2D eigenvalue weighted by molar-refractivity contribution is -0.128. The highest BCUT2D eigenvalue weighted by Gasteiger charge is 2.49. The first kappa shape index (κ1) is 7.56. The van der Waals surface area contributed by atoms with E-state index in [0.29, 0.717) is 12.6 Å². The Labute approximate surface area is 68.1 Å². The molecule has 1 heterocycles. The molecule has 0 aromatic heterocycles. The zero-order valence-corrected chi connectivity index (χ0v) is 7.18. The van der Waals surface area contributed by atoms with E-state index in [1.54, 1.807) is 0 Å². The molecule has 2 heteroatoms. The maximum absolute atomic E-state index is 5.92. The second-order valence-corrected chi connectivity index (χ2v) is 4.02. The molecule has 0 aromatic rings. The van der Waals surface area contributed by atoms with Crippen molar-refractivity contribution in [1.29, 1.82) is 0 Å². The average Bonchev–Trinajstić information content (AvgIpc) is 2.47. The second-order valence-electron chi connectivity index (χ2n) is 4.02. The van der Waals surface area contributed by atoms with Crippen molar-refractivity contribution in [1.82, 2.24) is 0 Å². The van der Waals surface area contributed by atoms with Gasteiger partial charge in [0, 0.05) is 6.54 Å². The summed E-state index contributed by atoms with van der Waals surface area (Å²) in [5.74, 6) is 0.777. The van der Waals surface area contributed by atoms with Gasteiger partial charge in [-0.2, -0.15) is 0 Å². The molecule has 1 aliphatic carbocycles. The zero-order valence-electron chi connectivity index (χ0n) is 7.18. The molecule has 11 heavy (non-hydrogen) atoms. The maximum atomic E-state index is 5.92. The Morgan fingerprint density at radius 1 is 1.45 bits per heavy atom. The monoisotopic (exact) mass is 155 g/mol. The molecule has 2 rings (SSSR count). The van der Waals surface area contributed by atoms with Gasteiger partial charge in [-0.05, 0) is 31.6 Å². The van der Waals surface area contributed by atoms with Crippen molar-refractivity contribution in [2.24, 2.45) is 11.7 Å². The van der Waals surface area contributed by atoms with Gasteiger partial charge < -0.3 is 10.5 Å². The molecular formula is C9H17NO. The van der Waals surface area contributed by atoms with Gasteiger partial charge in [0.15, 0.2) is 0 Å². The second kappa shape index (κ2) is 2.46. The highest BCUT2D eigenvalue weighted by Crippen LogP contribution is 2.49. The Balaban J connectivity index is 1.97. The predicted molar refractivity (Wildman–Crippen MR) is 44.3 cm³/mol. The summed E-state index contributed by atoms with van der Waals surface area (Å²) < 4.78 is 5.92. The largest absolute Gasteiger partial charge is 0.370 e. The average molecular weight is 155 g/mol. The van der Waals surface area contributed by atoms with Crippen LogP contribution in [0.3, 0.4) is 0 Å². The summed E-state index contributed by atoms with van der Waals surface area (Å²) in [5, 5.41) is 0. The molecular weight excluding hydrogens is 138 g/mol. The molecule has 1 spiro atoms. The normalized spacial score (nSPS) is 49.6. The summed E-state index contributed by atoms with van der Waals surface area (Å²) in [7, 11) is 0. The molecule has 0 amide bonds. The van der Waals surface area contributed by atoms with Gasteiger partial charge in [-0.1, -0.05) is 6.92 Å². The van der Waals surface area contributed by atoms with Crippen LogP contribution in [0.2, 0.25) is 0 Å². The smallest absolute Gasteiger partial charge is 0.0713 e. The van der Waals surface area contributed by atoms with Crippen LogP contribution in [-0.4, -0.2) is 18.2 Å². The first-order chi connectivity index (χ1) is 5.27. The summed E-state index contributed by atoms with van der Waals surface area (Å²) in [6.45, 7) is 3.00. The number of nitrogens with two attached hydrogens (primary N) is 1. The van der Waals surface area contributed by atoms with Crippen molar-refractivity contribution in [3.8, 4) is 0 Å². The molecule has 1 saturated heterocycles. The number of hydrogen-bond acceptors (Lipinski definition) is 2. The Morgan fingerprint density at radius 3 is 2.45 bits per heavy atom. The SMILES string of the molecule is CC1CCC12CCC(CN)O2. The lowest BCUT2D eigenvalue weighted by atomic mass is 9.69. The van der Waals surface area contributed by atoms with Crippen molar-refractivity contribution in [3.63, 3.8) is 0 Å². The van der Waals surface area contributed by atoms with E-state index in [0.717, 1.165) is 5.92 Å². The Bertz CT molecular complexity index is 160. The van der Waals surface area contributed by atoms with Gasteiger partial charge in [0.2, 0.25) is 0 Å². The lowest BCUT2D eigenvalue weighted by Crippen LogP contribution is -2.46. The van der Waals surface area contributed by atoms with Gasteiger partial charge in [-0.3, -0.25) is 0 Å². The van der Waals surface area contributed by atoms with Crippen LogP contribution in [0, 0.1) is 5.92 Å². The Hall–Kier alpha value is -0.0800. The summed E-state index contributed by atoms with van der Waals surface area (Å²) in [5.41, 5.74) is 5.82. The summed E-state index contributed by atoms with van der Waals surface area (Å²) >= 11 is 0. The fourth-order valence-corrected chi connectivity index (χ4v) is 2.32. The molecule has 1 saturated carbocycles. The van der Waals surface area contributed by atoms with Gasteiger partial charge in [0.05, 0.1) is 11.7 Å². The minimum Gasteiger partial charge on any atom is -0.370 e. The van der Waals surface area contributed by atoms with E-state index in [-0.39, 0.29) is 5.60 Å². The Kier molecular flexibility index (Phi) is 1.69. The van der Waals surface area contributed by atoms with Crippen molar-refractivity contribution in [2.45, 2.75) is 44.3 Å². The van der Waals surface area contributed by atoms with Crippen LogP contribution in [0.4, 0.5) is 0 Å². The lowest BCUT2D eigenvalue weighted by Gasteiger charge is -2.44. The molecule has 2 aliphatic rings. The van der Waals surface area contributed by atoms with E-state index < -0.39 is 0 Å². The quantitative estimate of drug-likeness (QED) is 0.619. The van der Waals surface area contributed by atoms with E-state index in [9.17, 15) is 0 Å². The minimum absolute atomic E-state index is 0.268. The minimum atomic E-state index is 0.268. The molecule has 3 unspecified atom stereocenters. The predicted octanol–water partition coefficient (Wildman–Crippen LogP) is 1.29. The molecule has 64 valence electrons. The zero-order chi connectivity index (χ0) is 7.90.